The Hall–Kier alpha value is -1.97. The zero-order valence-corrected chi connectivity index (χ0v) is 16.8. The number of nitrogens with zero attached hydrogens (tertiary/aromatic N) is 1. The predicted molar refractivity (Wildman–Crippen MR) is 102 cm³/mol. The Balaban J connectivity index is 1.64. The number of hydrogen-bond donors (Lipinski definition) is 1. The van der Waals surface area contributed by atoms with E-state index < -0.39 is 34.6 Å². The molecule has 2 saturated heterocycles. The van der Waals surface area contributed by atoms with Crippen LogP contribution < -0.4 is 5.32 Å². The van der Waals surface area contributed by atoms with E-state index in [4.69, 9.17) is 9.47 Å². The molecule has 2 fully saturated rings. The Bertz CT molecular complexity index is 827. The van der Waals surface area contributed by atoms with E-state index in [1.165, 1.54) is 10.4 Å². The van der Waals surface area contributed by atoms with Gasteiger partial charge in [0.1, 0.15) is 0 Å². The number of carbonyl (C=O) groups is 2. The lowest BCUT2D eigenvalue weighted by molar-refractivity contribution is -0.156. The van der Waals surface area contributed by atoms with Crippen molar-refractivity contribution in [1.29, 1.82) is 0 Å². The summed E-state index contributed by atoms with van der Waals surface area (Å²) in [6.07, 6.45) is 3.52. The maximum Gasteiger partial charge on any atom is 0.335 e. The van der Waals surface area contributed by atoms with Crippen molar-refractivity contribution in [1.82, 2.24) is 4.31 Å². The molecule has 9 heteroatoms. The largest absolute Gasteiger partial charge is 0.454 e. The molecule has 2 aliphatic heterocycles. The molecule has 8 nitrogen and oxygen atoms in total. The number of esters is 1. The van der Waals surface area contributed by atoms with Gasteiger partial charge in [-0.15, -0.1) is 0 Å². The fourth-order valence-electron chi connectivity index (χ4n) is 3.33. The first-order valence-electron chi connectivity index (χ1n) is 9.57. The van der Waals surface area contributed by atoms with Crippen molar-refractivity contribution in [3.8, 4) is 0 Å². The monoisotopic (exact) mass is 410 g/mol. The van der Waals surface area contributed by atoms with Gasteiger partial charge in [-0.1, -0.05) is 12.5 Å². The third-order valence-electron chi connectivity index (χ3n) is 4.97. The molecule has 28 heavy (non-hydrogen) atoms. The Morgan fingerprint density at radius 1 is 1.21 bits per heavy atom. The van der Waals surface area contributed by atoms with Crippen molar-refractivity contribution in [2.75, 3.05) is 31.6 Å². The van der Waals surface area contributed by atoms with Crippen molar-refractivity contribution in [2.45, 2.75) is 50.0 Å². The van der Waals surface area contributed by atoms with Crippen LogP contribution in [0.2, 0.25) is 0 Å². The molecule has 0 radical (unpaired) electrons. The van der Waals surface area contributed by atoms with E-state index in [1.807, 2.05) is 0 Å². The van der Waals surface area contributed by atoms with Crippen molar-refractivity contribution >= 4 is 27.6 Å². The number of aryl methyl sites for hydroxylation is 1. The van der Waals surface area contributed by atoms with Gasteiger partial charge in [0.05, 0.1) is 4.90 Å². The molecule has 0 saturated carbocycles. The van der Waals surface area contributed by atoms with E-state index in [0.717, 1.165) is 31.2 Å². The van der Waals surface area contributed by atoms with Gasteiger partial charge >= 0.3 is 5.97 Å². The summed E-state index contributed by atoms with van der Waals surface area (Å²) in [7, 11) is -3.59. The zero-order chi connectivity index (χ0) is 20.1. The van der Waals surface area contributed by atoms with Crippen LogP contribution in [0, 0.1) is 6.92 Å². The van der Waals surface area contributed by atoms with Crippen LogP contribution in [-0.4, -0.2) is 57.0 Å². The highest BCUT2D eigenvalue weighted by Gasteiger charge is 2.27. The lowest BCUT2D eigenvalue weighted by atomic mass is 10.2. The summed E-state index contributed by atoms with van der Waals surface area (Å²) in [6, 6.07) is 4.66. The molecular formula is C19H26N2O6S. The lowest BCUT2D eigenvalue weighted by Gasteiger charge is -2.26. The van der Waals surface area contributed by atoms with Crippen molar-refractivity contribution < 1.29 is 27.5 Å². The second-order valence-corrected chi connectivity index (χ2v) is 9.04. The van der Waals surface area contributed by atoms with Crippen LogP contribution >= 0.6 is 0 Å². The number of anilines is 1. The van der Waals surface area contributed by atoms with Gasteiger partial charge in [-0.2, -0.15) is 4.31 Å². The molecule has 2 heterocycles. The average Bonchev–Trinajstić information content (AvgIpc) is 3.23. The SMILES string of the molecule is Cc1ccc(S(=O)(=O)N2CCCCC2)cc1NC(=O)COC(=O)[C@@H]1CCCO1. The number of amides is 1. The summed E-state index contributed by atoms with van der Waals surface area (Å²) in [4.78, 5) is 24.1. The highest BCUT2D eigenvalue weighted by atomic mass is 32.2. The number of rotatable bonds is 6. The van der Waals surface area contributed by atoms with Gasteiger partial charge < -0.3 is 14.8 Å². The quantitative estimate of drug-likeness (QED) is 0.718. The molecule has 1 atom stereocenters. The van der Waals surface area contributed by atoms with Gasteiger partial charge in [0.2, 0.25) is 10.0 Å². The van der Waals surface area contributed by atoms with E-state index >= 15 is 0 Å². The van der Waals surface area contributed by atoms with Crippen molar-refractivity contribution in [3.05, 3.63) is 23.8 Å². The highest BCUT2D eigenvalue weighted by Crippen LogP contribution is 2.25. The maximum atomic E-state index is 12.8. The molecule has 0 aromatic heterocycles. The van der Waals surface area contributed by atoms with Gasteiger partial charge in [0.15, 0.2) is 12.7 Å². The van der Waals surface area contributed by atoms with E-state index in [0.29, 0.717) is 31.8 Å². The molecule has 0 aliphatic carbocycles. The maximum absolute atomic E-state index is 12.8. The zero-order valence-electron chi connectivity index (χ0n) is 16.0. The third kappa shape index (κ3) is 4.89. The Labute approximate surface area is 165 Å². The van der Waals surface area contributed by atoms with Crippen LogP contribution in [0.1, 0.15) is 37.7 Å². The van der Waals surface area contributed by atoms with Crippen LogP contribution in [0.4, 0.5) is 5.69 Å². The minimum Gasteiger partial charge on any atom is -0.454 e. The minimum atomic E-state index is -3.59. The number of piperidine rings is 1. The fourth-order valence-corrected chi connectivity index (χ4v) is 4.87. The van der Waals surface area contributed by atoms with Crippen LogP contribution in [-0.2, 0) is 29.1 Å². The van der Waals surface area contributed by atoms with Crippen LogP contribution in [0.15, 0.2) is 23.1 Å². The summed E-state index contributed by atoms with van der Waals surface area (Å²) in [5.74, 6) is -1.08. The highest BCUT2D eigenvalue weighted by molar-refractivity contribution is 7.89. The van der Waals surface area contributed by atoms with Gasteiger partial charge in [0, 0.05) is 25.4 Å². The van der Waals surface area contributed by atoms with Crippen molar-refractivity contribution in [3.63, 3.8) is 0 Å². The molecule has 2 aliphatic rings. The number of hydrogen-bond acceptors (Lipinski definition) is 6. The molecule has 0 spiro atoms. The Morgan fingerprint density at radius 3 is 2.64 bits per heavy atom. The number of nitrogens with one attached hydrogen (secondary N) is 1. The Kier molecular flexibility index (Phi) is 6.69. The minimum absolute atomic E-state index is 0.145. The standard InChI is InChI=1S/C19H26N2O6S/c1-14-7-8-15(28(24,25)21-9-3-2-4-10-21)12-16(14)20-18(22)13-27-19(23)17-6-5-11-26-17/h7-8,12,17H,2-6,9-11,13H2,1H3,(H,20,22)/t17-/m0/s1. The molecule has 0 unspecified atom stereocenters. The molecular weight excluding hydrogens is 384 g/mol. The lowest BCUT2D eigenvalue weighted by Crippen LogP contribution is -2.35. The predicted octanol–water partition coefficient (Wildman–Crippen LogP) is 1.83. The van der Waals surface area contributed by atoms with E-state index in [9.17, 15) is 18.0 Å². The van der Waals surface area contributed by atoms with Gasteiger partial charge in [0.25, 0.3) is 5.91 Å². The number of carbonyl (C=O) groups excluding carboxylic acids is 2. The molecule has 154 valence electrons. The normalized spacial score (nSPS) is 20.7. The van der Waals surface area contributed by atoms with Gasteiger partial charge in [-0.05, 0) is 50.3 Å². The molecule has 0 bridgehead atoms. The molecule has 3 rings (SSSR count). The van der Waals surface area contributed by atoms with Gasteiger partial charge in [-0.3, -0.25) is 4.79 Å². The molecule has 1 N–H and O–H groups in total. The van der Waals surface area contributed by atoms with Crippen LogP contribution in [0.25, 0.3) is 0 Å². The third-order valence-corrected chi connectivity index (χ3v) is 6.87. The first-order chi connectivity index (χ1) is 13.4. The molecule has 1 aromatic carbocycles. The van der Waals surface area contributed by atoms with E-state index in [2.05, 4.69) is 5.32 Å². The fraction of sp³-hybridized carbons (Fsp3) is 0.579. The van der Waals surface area contributed by atoms with E-state index in [-0.39, 0.29) is 4.90 Å². The second-order valence-electron chi connectivity index (χ2n) is 7.10. The summed E-state index contributed by atoms with van der Waals surface area (Å²) in [5.41, 5.74) is 1.10. The summed E-state index contributed by atoms with van der Waals surface area (Å²) in [5, 5.41) is 2.63. The number of sulfonamides is 1. The van der Waals surface area contributed by atoms with Crippen LogP contribution in [0.3, 0.4) is 0 Å². The molecule has 1 aromatic rings. The molecule has 1 amide bonds. The first kappa shape index (κ1) is 20.8. The summed E-state index contributed by atoms with van der Waals surface area (Å²) < 4.78 is 37.3. The topological polar surface area (TPSA) is 102 Å². The second kappa shape index (κ2) is 9.02. The first-order valence-corrected chi connectivity index (χ1v) is 11.0. The summed E-state index contributed by atoms with van der Waals surface area (Å²) >= 11 is 0. The summed E-state index contributed by atoms with van der Waals surface area (Å²) in [6.45, 7) is 2.87. The van der Waals surface area contributed by atoms with Crippen molar-refractivity contribution in [2.24, 2.45) is 0 Å². The smallest absolute Gasteiger partial charge is 0.335 e. The Morgan fingerprint density at radius 2 is 1.96 bits per heavy atom. The van der Waals surface area contributed by atoms with Gasteiger partial charge in [-0.25, -0.2) is 13.2 Å². The van der Waals surface area contributed by atoms with Crippen LogP contribution in [0.5, 0.6) is 0 Å². The average molecular weight is 410 g/mol. The number of ether oxygens (including phenoxy) is 2. The van der Waals surface area contributed by atoms with E-state index in [1.54, 1.807) is 19.1 Å². The number of benzene rings is 1.